The van der Waals surface area contributed by atoms with E-state index in [0.717, 1.165) is 35.1 Å². The van der Waals surface area contributed by atoms with E-state index in [0.29, 0.717) is 0 Å². The van der Waals surface area contributed by atoms with Crippen molar-refractivity contribution in [2.75, 3.05) is 11.9 Å². The van der Waals surface area contributed by atoms with E-state index in [1.165, 1.54) is 25.3 Å². The number of benzene rings is 1. The third kappa shape index (κ3) is 7.28. The molecule has 0 saturated heterocycles. The highest BCUT2D eigenvalue weighted by Gasteiger charge is 2.31. The number of carbonyl (C=O) groups excluding carboxylic acids is 2. The third-order valence-electron chi connectivity index (χ3n) is 4.33. The van der Waals surface area contributed by atoms with Crippen LogP contribution in [0.25, 0.3) is 5.82 Å². The predicted molar refractivity (Wildman–Crippen MR) is 116 cm³/mol. The summed E-state index contributed by atoms with van der Waals surface area (Å²) in [6.45, 7) is 1.10. The van der Waals surface area contributed by atoms with Crippen LogP contribution in [0.5, 0.6) is 5.75 Å². The van der Waals surface area contributed by atoms with Crippen molar-refractivity contribution in [1.29, 1.82) is 0 Å². The fourth-order valence-electron chi connectivity index (χ4n) is 2.82. The molecule has 0 aliphatic rings. The van der Waals surface area contributed by atoms with Gasteiger partial charge in [-0.1, -0.05) is 11.6 Å². The van der Waals surface area contributed by atoms with Crippen LogP contribution in [0.3, 0.4) is 0 Å². The molecule has 2 aromatic heterocycles. The zero-order valence-corrected chi connectivity index (χ0v) is 19.0. The van der Waals surface area contributed by atoms with Gasteiger partial charge >= 0.3 is 12.5 Å². The predicted octanol–water partition coefficient (Wildman–Crippen LogP) is 5.12. The molecule has 0 radical (unpaired) electrons. The SMILES string of the molecule is C[C@@H](COC(=O)Nc1ccc(OC(F)(F)F)cc1)NC(=O)c1cn(-c2ncccc2Cl)nc1C(F)F. The van der Waals surface area contributed by atoms with Crippen LogP contribution in [0.1, 0.15) is 29.4 Å². The van der Waals surface area contributed by atoms with Gasteiger partial charge in [-0.25, -0.2) is 23.2 Å². The Bertz CT molecular complexity index is 1220. The zero-order valence-electron chi connectivity index (χ0n) is 18.2. The molecule has 3 rings (SSSR count). The smallest absolute Gasteiger partial charge is 0.447 e. The van der Waals surface area contributed by atoms with Crippen molar-refractivity contribution in [3.05, 3.63) is 65.1 Å². The summed E-state index contributed by atoms with van der Waals surface area (Å²) in [4.78, 5) is 28.5. The second-order valence-electron chi connectivity index (χ2n) is 7.15. The molecule has 2 N–H and O–H groups in total. The van der Waals surface area contributed by atoms with Crippen LogP contribution < -0.4 is 15.4 Å². The van der Waals surface area contributed by atoms with E-state index in [1.807, 2.05) is 0 Å². The van der Waals surface area contributed by atoms with E-state index in [1.54, 1.807) is 0 Å². The Morgan fingerprint density at radius 2 is 1.86 bits per heavy atom. The monoisotopic (exact) mass is 533 g/mol. The van der Waals surface area contributed by atoms with Crippen LogP contribution in [0.15, 0.2) is 48.8 Å². The molecule has 2 heterocycles. The maximum Gasteiger partial charge on any atom is 0.573 e. The molecule has 1 aromatic carbocycles. The van der Waals surface area contributed by atoms with Crippen LogP contribution in [0.4, 0.5) is 32.4 Å². The standard InChI is InChI=1S/C21H17ClF5N5O4/c1-11(10-35-20(34)30-12-4-6-13(7-5-12)36-21(25,26)27)29-19(33)14-9-32(31-16(14)17(23)24)18-15(22)3-2-8-28-18/h2-9,11,17H,10H2,1H3,(H,29,33)(H,30,34)/t11-/m0/s1. The number of pyridine rings is 1. The number of anilines is 1. The average molecular weight is 534 g/mol. The number of amides is 2. The van der Waals surface area contributed by atoms with Crippen molar-refractivity contribution in [1.82, 2.24) is 20.1 Å². The Balaban J connectivity index is 1.56. The van der Waals surface area contributed by atoms with Crippen LogP contribution in [0.2, 0.25) is 5.02 Å². The van der Waals surface area contributed by atoms with Gasteiger partial charge < -0.3 is 14.8 Å². The number of halogens is 6. The Morgan fingerprint density at radius 1 is 1.17 bits per heavy atom. The molecule has 3 aromatic rings. The first kappa shape index (κ1) is 26.7. The van der Waals surface area contributed by atoms with Gasteiger partial charge in [0, 0.05) is 18.1 Å². The lowest BCUT2D eigenvalue weighted by atomic mass is 10.2. The van der Waals surface area contributed by atoms with Crippen molar-refractivity contribution in [2.45, 2.75) is 25.8 Å². The number of hydrogen-bond donors (Lipinski definition) is 2. The van der Waals surface area contributed by atoms with E-state index >= 15 is 0 Å². The van der Waals surface area contributed by atoms with Gasteiger partial charge in [0.2, 0.25) is 0 Å². The van der Waals surface area contributed by atoms with Crippen molar-refractivity contribution in [3.63, 3.8) is 0 Å². The van der Waals surface area contributed by atoms with Crippen LogP contribution in [-0.4, -0.2) is 45.8 Å². The highest BCUT2D eigenvalue weighted by atomic mass is 35.5. The summed E-state index contributed by atoms with van der Waals surface area (Å²) in [7, 11) is 0. The van der Waals surface area contributed by atoms with Gasteiger partial charge in [0.15, 0.2) is 5.82 Å². The fourth-order valence-corrected chi connectivity index (χ4v) is 3.02. The number of hydrogen-bond acceptors (Lipinski definition) is 6. The Kier molecular flexibility index (Phi) is 8.29. The summed E-state index contributed by atoms with van der Waals surface area (Å²) in [6, 6.07) is 6.50. The highest BCUT2D eigenvalue weighted by molar-refractivity contribution is 6.32. The molecule has 0 unspecified atom stereocenters. The number of aromatic nitrogens is 3. The minimum atomic E-state index is -4.85. The van der Waals surface area contributed by atoms with Crippen LogP contribution in [0, 0.1) is 0 Å². The number of carbonyl (C=O) groups is 2. The molecule has 1 atom stereocenters. The van der Waals surface area contributed by atoms with Gasteiger partial charge in [-0.05, 0) is 43.3 Å². The number of ether oxygens (including phenoxy) is 2. The summed E-state index contributed by atoms with van der Waals surface area (Å²) in [5, 5.41) is 8.53. The molecule has 9 nitrogen and oxygen atoms in total. The van der Waals surface area contributed by atoms with Gasteiger partial charge in [-0.15, -0.1) is 13.2 Å². The molecule has 15 heteroatoms. The maximum atomic E-state index is 13.5. The highest BCUT2D eigenvalue weighted by Crippen LogP contribution is 2.25. The quantitative estimate of drug-likeness (QED) is 0.389. The first-order chi connectivity index (χ1) is 16.9. The lowest BCUT2D eigenvalue weighted by Gasteiger charge is -2.15. The Morgan fingerprint density at radius 3 is 2.47 bits per heavy atom. The van der Waals surface area contributed by atoms with Gasteiger partial charge in [-0.3, -0.25) is 10.1 Å². The van der Waals surface area contributed by atoms with E-state index in [4.69, 9.17) is 16.3 Å². The minimum Gasteiger partial charge on any atom is -0.447 e. The summed E-state index contributed by atoms with van der Waals surface area (Å²) >= 11 is 6.01. The molecule has 2 amide bonds. The van der Waals surface area contributed by atoms with Crippen molar-refractivity contribution >= 4 is 29.3 Å². The van der Waals surface area contributed by atoms with Crippen LogP contribution >= 0.6 is 11.6 Å². The number of alkyl halides is 5. The van der Waals surface area contributed by atoms with E-state index in [2.05, 4.69) is 25.5 Å². The first-order valence-corrected chi connectivity index (χ1v) is 10.4. The molecule has 0 saturated carbocycles. The van der Waals surface area contributed by atoms with Crippen molar-refractivity contribution in [2.24, 2.45) is 0 Å². The second-order valence-corrected chi connectivity index (χ2v) is 7.56. The molecule has 0 spiro atoms. The van der Waals surface area contributed by atoms with E-state index < -0.39 is 47.8 Å². The average Bonchev–Trinajstić information content (AvgIpc) is 3.24. The molecule has 36 heavy (non-hydrogen) atoms. The normalized spacial score (nSPS) is 12.2. The van der Waals surface area contributed by atoms with Gasteiger partial charge in [0.25, 0.3) is 12.3 Å². The lowest BCUT2D eigenvalue weighted by Crippen LogP contribution is -2.37. The van der Waals surface area contributed by atoms with Crippen molar-refractivity contribution in [3.8, 4) is 11.6 Å². The molecule has 192 valence electrons. The minimum absolute atomic E-state index is 0.0474. The maximum absolute atomic E-state index is 13.5. The third-order valence-corrected chi connectivity index (χ3v) is 4.62. The van der Waals surface area contributed by atoms with Gasteiger partial charge in [0.05, 0.1) is 16.6 Å². The van der Waals surface area contributed by atoms with E-state index in [-0.39, 0.29) is 23.1 Å². The van der Waals surface area contributed by atoms with Crippen LogP contribution in [-0.2, 0) is 4.74 Å². The molecule has 0 aliphatic carbocycles. The fraction of sp³-hybridized carbons (Fsp3) is 0.238. The summed E-state index contributed by atoms with van der Waals surface area (Å²) < 4.78 is 73.1. The molecular weight excluding hydrogens is 517 g/mol. The number of nitrogens with one attached hydrogen (secondary N) is 2. The summed E-state index contributed by atoms with van der Waals surface area (Å²) in [6.07, 6.45) is -6.46. The Hall–Kier alpha value is -3.94. The second kappa shape index (κ2) is 11.2. The molecule has 0 bridgehead atoms. The largest absolute Gasteiger partial charge is 0.573 e. The Labute approximate surface area is 205 Å². The summed E-state index contributed by atoms with van der Waals surface area (Å²) in [5.41, 5.74) is -1.10. The van der Waals surface area contributed by atoms with E-state index in [9.17, 15) is 31.5 Å². The topological polar surface area (TPSA) is 107 Å². The van der Waals surface area contributed by atoms with Crippen molar-refractivity contribution < 1.29 is 41.0 Å². The van der Waals surface area contributed by atoms with Gasteiger partial charge in [-0.2, -0.15) is 5.10 Å². The molecule has 0 aliphatic heterocycles. The zero-order chi connectivity index (χ0) is 26.5. The molecular formula is C21H17ClF5N5O4. The molecule has 0 fully saturated rings. The summed E-state index contributed by atoms with van der Waals surface area (Å²) in [5.74, 6) is -1.33. The number of rotatable bonds is 8. The van der Waals surface area contributed by atoms with Gasteiger partial charge in [0.1, 0.15) is 18.1 Å². The first-order valence-electron chi connectivity index (χ1n) is 10.0. The number of nitrogens with zero attached hydrogens (tertiary/aromatic N) is 3. The lowest BCUT2D eigenvalue weighted by molar-refractivity contribution is -0.274.